The molecule has 0 aliphatic heterocycles. The summed E-state index contributed by atoms with van der Waals surface area (Å²) in [6.07, 6.45) is 6.97. The number of fused-ring (bicyclic) bond motifs is 2. The number of hydrogen-bond acceptors (Lipinski definition) is 6. The minimum Gasteiger partial charge on any atom is -0.318 e. The summed E-state index contributed by atoms with van der Waals surface area (Å²) in [5.41, 5.74) is 4.64. The smallest absolute Gasteiger partial charge is 0.276 e. The summed E-state index contributed by atoms with van der Waals surface area (Å²) in [6.45, 7) is 0.539. The number of carbonyl (C=O) groups is 1. The van der Waals surface area contributed by atoms with E-state index in [0.717, 1.165) is 37.3 Å². The van der Waals surface area contributed by atoms with E-state index in [-0.39, 0.29) is 5.91 Å². The molecule has 10 heteroatoms. The summed E-state index contributed by atoms with van der Waals surface area (Å²) in [5, 5.41) is 22.9. The molecule has 0 saturated heterocycles. The van der Waals surface area contributed by atoms with Gasteiger partial charge >= 0.3 is 0 Å². The number of anilines is 1. The van der Waals surface area contributed by atoms with Crippen LogP contribution in [0.25, 0.3) is 32.2 Å². The third kappa shape index (κ3) is 3.32. The zero-order chi connectivity index (χ0) is 21.5. The molecule has 0 atom stereocenters. The molecule has 0 bridgehead atoms. The van der Waals surface area contributed by atoms with Crippen LogP contribution >= 0.6 is 11.3 Å². The second-order valence-electron chi connectivity index (χ2n) is 7.28. The van der Waals surface area contributed by atoms with Gasteiger partial charge in [0.25, 0.3) is 5.91 Å². The number of benzene rings is 2. The lowest BCUT2D eigenvalue weighted by Gasteiger charge is -2.01. The van der Waals surface area contributed by atoms with Gasteiger partial charge in [-0.2, -0.15) is 15.3 Å². The van der Waals surface area contributed by atoms with Crippen molar-refractivity contribution in [2.45, 2.75) is 6.54 Å². The predicted molar refractivity (Wildman–Crippen MR) is 123 cm³/mol. The highest BCUT2D eigenvalue weighted by Gasteiger charge is 2.16. The highest BCUT2D eigenvalue weighted by atomic mass is 32.1. The lowest BCUT2D eigenvalue weighted by atomic mass is 10.1. The summed E-state index contributed by atoms with van der Waals surface area (Å²) in [4.78, 5) is 17.5. The van der Waals surface area contributed by atoms with Crippen LogP contribution in [-0.2, 0) is 6.54 Å². The number of para-hydroxylation sites is 1. The van der Waals surface area contributed by atoms with Crippen molar-refractivity contribution < 1.29 is 4.79 Å². The van der Waals surface area contributed by atoms with E-state index in [1.165, 1.54) is 0 Å². The Hall–Kier alpha value is -4.31. The van der Waals surface area contributed by atoms with Crippen molar-refractivity contribution in [3.63, 3.8) is 0 Å². The van der Waals surface area contributed by atoms with E-state index in [9.17, 15) is 4.79 Å². The first-order valence-corrected chi connectivity index (χ1v) is 10.7. The second kappa shape index (κ2) is 7.43. The van der Waals surface area contributed by atoms with Gasteiger partial charge in [-0.05, 0) is 29.8 Å². The minimum atomic E-state index is -0.299. The first-order chi connectivity index (χ1) is 15.7. The van der Waals surface area contributed by atoms with Crippen LogP contribution in [0.4, 0.5) is 5.69 Å². The van der Waals surface area contributed by atoms with E-state index in [4.69, 9.17) is 0 Å². The zero-order valence-electron chi connectivity index (χ0n) is 16.6. The maximum Gasteiger partial charge on any atom is 0.276 e. The molecule has 0 fully saturated rings. The van der Waals surface area contributed by atoms with E-state index in [0.29, 0.717) is 17.9 Å². The van der Waals surface area contributed by atoms with Crippen LogP contribution in [0.15, 0.2) is 67.3 Å². The number of rotatable bonds is 5. The summed E-state index contributed by atoms with van der Waals surface area (Å²) >= 11 is 1.64. The number of nitrogens with zero attached hydrogens (tertiary/aromatic N) is 5. The highest BCUT2D eigenvalue weighted by Crippen LogP contribution is 2.25. The number of thiazole rings is 1. The van der Waals surface area contributed by atoms with Crippen LogP contribution in [0.2, 0.25) is 0 Å². The molecule has 6 rings (SSSR count). The van der Waals surface area contributed by atoms with Crippen molar-refractivity contribution in [2.75, 3.05) is 5.32 Å². The van der Waals surface area contributed by atoms with Crippen LogP contribution in [0, 0.1) is 0 Å². The summed E-state index contributed by atoms with van der Waals surface area (Å²) in [7, 11) is 0. The fourth-order valence-electron chi connectivity index (χ4n) is 3.61. The van der Waals surface area contributed by atoms with Crippen LogP contribution in [0.1, 0.15) is 15.5 Å². The lowest BCUT2D eigenvalue weighted by Crippen LogP contribution is -2.12. The molecule has 4 aromatic heterocycles. The van der Waals surface area contributed by atoms with Gasteiger partial charge in [0.2, 0.25) is 0 Å². The van der Waals surface area contributed by atoms with Gasteiger partial charge in [0.15, 0.2) is 5.69 Å². The number of nitrogens with one attached hydrogen (secondary N) is 3. The van der Waals surface area contributed by atoms with Gasteiger partial charge in [-0.3, -0.25) is 19.7 Å². The molecule has 0 aliphatic carbocycles. The molecule has 32 heavy (non-hydrogen) atoms. The molecule has 0 aliphatic rings. The van der Waals surface area contributed by atoms with Gasteiger partial charge in [-0.25, -0.2) is 4.98 Å². The Kier molecular flexibility index (Phi) is 4.29. The number of hydrogen-bond donors (Lipinski definition) is 3. The molecule has 0 unspecified atom stereocenters. The number of aromatic amines is 2. The predicted octanol–water partition coefficient (Wildman–Crippen LogP) is 4.06. The van der Waals surface area contributed by atoms with Crippen molar-refractivity contribution in [2.24, 2.45) is 0 Å². The monoisotopic (exact) mass is 440 g/mol. The summed E-state index contributed by atoms with van der Waals surface area (Å²) in [6, 6.07) is 13.8. The Balaban J connectivity index is 1.19. The van der Waals surface area contributed by atoms with E-state index < -0.39 is 0 Å². The average molecular weight is 440 g/mol. The molecule has 0 saturated carbocycles. The summed E-state index contributed by atoms with van der Waals surface area (Å²) < 4.78 is 2.90. The topological polar surface area (TPSA) is 117 Å². The van der Waals surface area contributed by atoms with E-state index in [2.05, 4.69) is 41.9 Å². The Bertz CT molecular complexity index is 1530. The van der Waals surface area contributed by atoms with Crippen LogP contribution in [0.5, 0.6) is 0 Å². The Labute approximate surface area is 185 Å². The zero-order valence-corrected chi connectivity index (χ0v) is 17.4. The average Bonchev–Trinajstić information content (AvgIpc) is 3.59. The Morgan fingerprint density at radius 3 is 2.94 bits per heavy atom. The van der Waals surface area contributed by atoms with Crippen molar-refractivity contribution in [1.82, 2.24) is 35.2 Å². The number of carbonyl (C=O) groups excluding carboxylic acids is 1. The van der Waals surface area contributed by atoms with Crippen LogP contribution < -0.4 is 5.32 Å². The fourth-order valence-corrected chi connectivity index (χ4v) is 4.57. The molecule has 4 heterocycles. The second-order valence-corrected chi connectivity index (χ2v) is 8.39. The van der Waals surface area contributed by atoms with Crippen LogP contribution in [-0.4, -0.2) is 41.1 Å². The van der Waals surface area contributed by atoms with Gasteiger partial charge in [-0.15, -0.1) is 11.3 Å². The third-order valence-electron chi connectivity index (χ3n) is 5.14. The van der Waals surface area contributed by atoms with Gasteiger partial charge in [-0.1, -0.05) is 18.2 Å². The van der Waals surface area contributed by atoms with E-state index >= 15 is 0 Å². The molecule has 3 N–H and O–H groups in total. The maximum absolute atomic E-state index is 12.8. The molecule has 2 aromatic carbocycles. The molecular weight excluding hydrogens is 424 g/mol. The SMILES string of the molecule is O=C(Nc1cnn(Cc2nc3ccccc3s2)c1)c1n[nH]c2cc(-c3cn[nH]c3)ccc12. The first kappa shape index (κ1) is 18.5. The molecule has 0 spiro atoms. The first-order valence-electron chi connectivity index (χ1n) is 9.88. The Morgan fingerprint density at radius 2 is 2.06 bits per heavy atom. The van der Waals surface area contributed by atoms with Crippen molar-refractivity contribution in [3.8, 4) is 11.1 Å². The van der Waals surface area contributed by atoms with Gasteiger partial charge < -0.3 is 5.32 Å². The van der Waals surface area contributed by atoms with Crippen LogP contribution in [0.3, 0.4) is 0 Å². The number of amides is 1. The van der Waals surface area contributed by atoms with Crippen molar-refractivity contribution in [3.05, 3.63) is 78.0 Å². The summed E-state index contributed by atoms with van der Waals surface area (Å²) in [5.74, 6) is -0.299. The lowest BCUT2D eigenvalue weighted by molar-refractivity contribution is 0.102. The third-order valence-corrected chi connectivity index (χ3v) is 6.16. The van der Waals surface area contributed by atoms with E-state index in [1.807, 2.05) is 42.6 Å². The standard InChI is InChI=1S/C22H16N8OS/c31-22(21-16-6-5-13(7-18(16)28-29-21)14-8-23-24-9-14)26-15-10-25-30(11-15)12-20-27-17-3-1-2-4-19(17)32-20/h1-11H,12H2,(H,23,24)(H,26,31)(H,28,29). The molecule has 0 radical (unpaired) electrons. The van der Waals surface area contributed by atoms with Gasteiger partial charge in [0.05, 0.1) is 40.4 Å². The van der Waals surface area contributed by atoms with Crippen molar-refractivity contribution in [1.29, 1.82) is 0 Å². The quantitative estimate of drug-likeness (QED) is 0.374. The molecule has 9 nitrogen and oxygen atoms in total. The number of aromatic nitrogens is 7. The van der Waals surface area contributed by atoms with Crippen molar-refractivity contribution >= 4 is 44.1 Å². The largest absolute Gasteiger partial charge is 0.318 e. The minimum absolute atomic E-state index is 0.299. The molecule has 156 valence electrons. The van der Waals surface area contributed by atoms with Gasteiger partial charge in [0.1, 0.15) is 5.01 Å². The molecule has 1 amide bonds. The van der Waals surface area contributed by atoms with Gasteiger partial charge in [0, 0.05) is 23.3 Å². The molecule has 6 aromatic rings. The number of H-pyrrole nitrogens is 2. The fraction of sp³-hybridized carbons (Fsp3) is 0.0455. The highest BCUT2D eigenvalue weighted by molar-refractivity contribution is 7.18. The normalized spacial score (nSPS) is 11.4. The van der Waals surface area contributed by atoms with E-state index in [1.54, 1.807) is 34.6 Å². The molecular formula is C22H16N8OS. The maximum atomic E-state index is 12.8. The Morgan fingerprint density at radius 1 is 1.12 bits per heavy atom.